The number of rotatable bonds is 24. The fraction of sp³-hybridized carbons (Fsp3) is 0.426. The summed E-state index contributed by atoms with van der Waals surface area (Å²) >= 11 is 4.36. The standard InChI is InChI=1S/C14H21NO3.C13H18INO3.C12H11NO4.C9H8INO2.C6H15NO2/c1-4-17-13(18-5-2)10-15-14(16)12-8-6-11(3)7-9-12;1-3-17-12(18-4-2)9-15-13(16)10-5-7-11(14)8-6-10;1-8-2-4-9(5-3-8)12(16)17-13-10(14)6-7-11(13)15;10-8-3-1-7(2-4-8)9(13)11-5-6-12;1-3-8-6(5-7)9-4-2/h6-9,13H,4-5,10H2,1-3H3,(H,15,16);5-8,12H,3-4,9H2,1-2H3,(H,15,16);2-5H,6-7H2,1H3;1-4,6H,5H2,(H,11,13);6H,3-5,7H2,1-2H3/i;14-2;;10-2;. The van der Waals surface area contributed by atoms with E-state index in [2.05, 4.69) is 61.1 Å². The smallest absolute Gasteiger partial charge is 0.352 e. The summed E-state index contributed by atoms with van der Waals surface area (Å²) in [6, 6.07) is 28.7. The average molecular weight is 1270 g/mol. The molecule has 1 heterocycles. The number of amides is 5. The van der Waals surface area contributed by atoms with Gasteiger partial charge in [-0.15, -0.1) is 5.06 Å². The Morgan fingerprint density at radius 3 is 1.15 bits per heavy atom. The molecule has 1 aliphatic heterocycles. The molecule has 0 aliphatic carbocycles. The molecule has 1 aliphatic rings. The van der Waals surface area contributed by atoms with Crippen molar-refractivity contribution in [1.82, 2.24) is 21.0 Å². The van der Waals surface area contributed by atoms with Crippen molar-refractivity contribution in [3.63, 3.8) is 0 Å². The first kappa shape index (κ1) is 67.8. The second-order valence-corrected chi connectivity index (χ2v) is 17.8. The van der Waals surface area contributed by atoms with Gasteiger partial charge in [-0.2, -0.15) is 0 Å². The van der Waals surface area contributed by atoms with Crippen LogP contribution in [0.1, 0.15) is 107 Å². The van der Waals surface area contributed by atoms with Gasteiger partial charge in [0.25, 0.3) is 29.5 Å². The molecule has 5 amide bonds. The quantitative estimate of drug-likeness (QED) is 0.0232. The molecule has 0 bridgehead atoms. The van der Waals surface area contributed by atoms with E-state index in [0.29, 0.717) is 92.9 Å². The summed E-state index contributed by atoms with van der Waals surface area (Å²) in [6.07, 6.45) is -0.118. The number of carbonyl (C=O) groups is 7. The van der Waals surface area contributed by atoms with Crippen LogP contribution >= 0.6 is 45.2 Å². The van der Waals surface area contributed by atoms with Crippen molar-refractivity contribution in [3.05, 3.63) is 138 Å². The number of ether oxygens (including phenoxy) is 6. The normalized spacial score (nSPS) is 11.5. The van der Waals surface area contributed by atoms with E-state index >= 15 is 0 Å². The molecule has 19 nitrogen and oxygen atoms in total. The lowest BCUT2D eigenvalue weighted by Crippen LogP contribution is -2.35. The largest absolute Gasteiger partial charge is 0.363 e. The molecule has 0 aromatic heterocycles. The molecule has 0 radical (unpaired) electrons. The number of aryl methyl sites for hydroxylation is 2. The van der Waals surface area contributed by atoms with Gasteiger partial charge in [0.1, 0.15) is 6.29 Å². The monoisotopic (exact) mass is 1270 g/mol. The number of nitrogens with two attached hydrogens (primary N) is 1. The molecule has 0 spiro atoms. The number of benzene rings is 4. The zero-order valence-corrected chi connectivity index (χ0v) is 48.3. The van der Waals surface area contributed by atoms with Gasteiger partial charge >= 0.3 is 5.97 Å². The Morgan fingerprint density at radius 2 is 0.827 bits per heavy atom. The predicted octanol–water partition coefficient (Wildman–Crippen LogP) is 7.32. The van der Waals surface area contributed by atoms with Crippen LogP contribution in [0.5, 0.6) is 0 Å². The lowest BCUT2D eigenvalue weighted by Gasteiger charge is -2.17. The fourth-order valence-corrected chi connectivity index (χ4v) is 6.53. The highest BCUT2D eigenvalue weighted by Crippen LogP contribution is 2.15. The van der Waals surface area contributed by atoms with Crippen LogP contribution in [0.3, 0.4) is 0 Å². The van der Waals surface area contributed by atoms with Crippen molar-refractivity contribution in [2.75, 3.05) is 65.8 Å². The number of aldehydes is 1. The molecular weight excluding hydrogens is 1190 g/mol. The fourth-order valence-electron chi connectivity index (χ4n) is 5.81. The highest BCUT2D eigenvalue weighted by atomic mass is 125. The number of halogens is 2. The molecule has 412 valence electrons. The van der Waals surface area contributed by atoms with Gasteiger partial charge in [0, 0.05) is 82.9 Å². The second kappa shape index (κ2) is 41.0. The summed E-state index contributed by atoms with van der Waals surface area (Å²) in [4.78, 5) is 83.8. The van der Waals surface area contributed by atoms with Crippen LogP contribution in [0.4, 0.5) is 0 Å². The van der Waals surface area contributed by atoms with E-state index in [9.17, 15) is 33.6 Å². The van der Waals surface area contributed by atoms with E-state index in [1.165, 1.54) is 0 Å². The Bertz CT molecular complexity index is 2170. The topological polar surface area (TPSA) is 249 Å². The second-order valence-electron chi connectivity index (χ2n) is 15.3. The number of nitrogens with zero attached hydrogens (tertiary/aromatic N) is 1. The highest BCUT2D eigenvalue weighted by Gasteiger charge is 2.33. The lowest BCUT2D eigenvalue weighted by atomic mass is 10.1. The predicted molar refractivity (Wildman–Crippen MR) is 300 cm³/mol. The van der Waals surface area contributed by atoms with Gasteiger partial charge in [0.15, 0.2) is 18.9 Å². The molecular formula is C54H73I2N5O14. The van der Waals surface area contributed by atoms with Gasteiger partial charge in [-0.05, 0) is 173 Å². The van der Waals surface area contributed by atoms with Crippen molar-refractivity contribution in [1.29, 1.82) is 0 Å². The summed E-state index contributed by atoms with van der Waals surface area (Å²) < 4.78 is 33.7. The molecule has 0 unspecified atom stereocenters. The number of imide groups is 1. The molecule has 0 atom stereocenters. The SMILES string of the molecule is CCOC(CN)OCC.CCOC(CNC(=O)c1ccc(C)cc1)OCC.CCOC(CNC(=O)c1ccc([125I])cc1)OCC.Cc1ccc(C(=O)ON2C(=O)CCC2=O)cc1.O=CCNC(=O)c1ccc([125I])cc1. The van der Waals surface area contributed by atoms with Gasteiger partial charge < -0.3 is 59.7 Å². The van der Waals surface area contributed by atoms with E-state index in [-0.39, 0.29) is 56.0 Å². The van der Waals surface area contributed by atoms with Gasteiger partial charge in [-0.1, -0.05) is 35.4 Å². The van der Waals surface area contributed by atoms with Gasteiger partial charge in [0.2, 0.25) is 0 Å². The number of nitrogens with one attached hydrogen (secondary N) is 3. The molecule has 4 aromatic carbocycles. The third-order valence-corrected chi connectivity index (χ3v) is 10.9. The Balaban J connectivity index is 0.000000477. The van der Waals surface area contributed by atoms with E-state index < -0.39 is 17.8 Å². The van der Waals surface area contributed by atoms with E-state index in [4.69, 9.17) is 39.0 Å². The summed E-state index contributed by atoms with van der Waals surface area (Å²) in [6.45, 7) is 20.1. The average Bonchev–Trinajstić information content (AvgIpc) is 3.72. The number of hydroxylamine groups is 2. The zero-order valence-electron chi connectivity index (χ0n) is 44.0. The van der Waals surface area contributed by atoms with Crippen LogP contribution in [0.15, 0.2) is 97.1 Å². The van der Waals surface area contributed by atoms with E-state index in [1.807, 2.05) is 91.8 Å². The maximum absolute atomic E-state index is 11.8. The Kier molecular flexibility index (Phi) is 37.0. The maximum Gasteiger partial charge on any atom is 0.363 e. The molecule has 21 heteroatoms. The van der Waals surface area contributed by atoms with Crippen molar-refractivity contribution in [2.45, 2.75) is 87.1 Å². The minimum absolute atomic E-state index is 0.0603. The summed E-state index contributed by atoms with van der Waals surface area (Å²) in [5.41, 5.74) is 9.60. The number of hydrogen-bond acceptors (Lipinski definition) is 15. The van der Waals surface area contributed by atoms with Gasteiger partial charge in [0.05, 0.1) is 25.2 Å². The minimum Gasteiger partial charge on any atom is -0.352 e. The third kappa shape index (κ3) is 29.6. The summed E-state index contributed by atoms with van der Waals surface area (Å²) in [7, 11) is 0. The Labute approximate surface area is 468 Å². The maximum atomic E-state index is 11.8. The highest BCUT2D eigenvalue weighted by molar-refractivity contribution is 14.1. The Hall–Kier alpha value is -5.25. The van der Waals surface area contributed by atoms with E-state index in [1.54, 1.807) is 60.7 Å². The van der Waals surface area contributed by atoms with Crippen molar-refractivity contribution in [2.24, 2.45) is 5.73 Å². The van der Waals surface area contributed by atoms with Crippen molar-refractivity contribution >= 4 is 87.0 Å². The van der Waals surface area contributed by atoms with Gasteiger partial charge in [-0.3, -0.25) is 24.0 Å². The van der Waals surface area contributed by atoms with Gasteiger partial charge in [-0.25, -0.2) is 4.79 Å². The number of carbonyl (C=O) groups excluding carboxylic acids is 7. The van der Waals surface area contributed by atoms with Crippen LogP contribution in [0, 0.1) is 21.0 Å². The number of hydrogen-bond donors (Lipinski definition) is 4. The molecule has 4 aromatic rings. The van der Waals surface area contributed by atoms with Crippen LogP contribution in [-0.4, -0.2) is 132 Å². The lowest BCUT2D eigenvalue weighted by molar-refractivity contribution is -0.172. The minimum atomic E-state index is -0.700. The molecule has 5 N–H and O–H groups in total. The first-order valence-electron chi connectivity index (χ1n) is 24.4. The summed E-state index contributed by atoms with van der Waals surface area (Å²) in [5.74, 6) is -2.10. The molecule has 5 rings (SSSR count). The Morgan fingerprint density at radius 1 is 0.520 bits per heavy atom. The molecule has 75 heavy (non-hydrogen) atoms. The molecule has 0 saturated carbocycles. The van der Waals surface area contributed by atoms with Crippen LogP contribution in [-0.2, 0) is 47.6 Å². The van der Waals surface area contributed by atoms with Crippen LogP contribution in [0.25, 0.3) is 0 Å². The molecule has 1 fully saturated rings. The van der Waals surface area contributed by atoms with Crippen LogP contribution < -0.4 is 21.7 Å². The molecule has 1 saturated heterocycles. The van der Waals surface area contributed by atoms with Crippen molar-refractivity contribution < 1.29 is 66.8 Å². The summed E-state index contributed by atoms with van der Waals surface area (Å²) in [5, 5.41) is 8.60. The zero-order chi connectivity index (χ0) is 56.0. The third-order valence-electron chi connectivity index (χ3n) is 9.51. The first-order valence-corrected chi connectivity index (χ1v) is 26.6. The van der Waals surface area contributed by atoms with Crippen molar-refractivity contribution in [3.8, 4) is 0 Å². The van der Waals surface area contributed by atoms with Crippen LogP contribution in [0.2, 0.25) is 0 Å². The van der Waals surface area contributed by atoms with E-state index in [0.717, 1.165) is 18.3 Å². The first-order chi connectivity index (χ1) is 36.0.